The fourth-order valence-electron chi connectivity index (χ4n) is 1.13. The molecule has 0 amide bonds. The highest BCUT2D eigenvalue weighted by molar-refractivity contribution is 5.41. The molecule has 0 fully saturated rings. The van der Waals surface area contributed by atoms with Crippen molar-refractivity contribution in [3.05, 3.63) is 52.1 Å². The first-order chi connectivity index (χ1) is 8.74. The van der Waals surface area contributed by atoms with Crippen molar-refractivity contribution < 1.29 is 14.8 Å². The van der Waals surface area contributed by atoms with Crippen molar-refractivity contribution in [3.63, 3.8) is 0 Å². The predicted octanol–water partition coefficient (Wildman–Crippen LogP) is 1.51. The summed E-state index contributed by atoms with van der Waals surface area (Å²) in [6, 6.07) is 6.01. The molecule has 0 saturated heterocycles. The Labute approximate surface area is 105 Å². The first kappa shape index (κ1) is 13.9. The van der Waals surface area contributed by atoms with Crippen molar-refractivity contribution in [3.8, 4) is 11.8 Å². The molecular formula is C13H13NO4. The van der Waals surface area contributed by atoms with Crippen LogP contribution < -0.4 is 0 Å². The highest BCUT2D eigenvalue weighted by Crippen LogP contribution is 2.10. The summed E-state index contributed by atoms with van der Waals surface area (Å²) in [6.45, 7) is 0.667. The molecule has 5 heteroatoms. The van der Waals surface area contributed by atoms with Crippen molar-refractivity contribution in [1.82, 2.24) is 0 Å². The number of nitro groups is 1. The summed E-state index contributed by atoms with van der Waals surface area (Å²) in [7, 11) is 0. The van der Waals surface area contributed by atoms with Gasteiger partial charge in [0.05, 0.1) is 18.1 Å². The number of nitro benzene ring substituents is 1. The highest BCUT2D eigenvalue weighted by atomic mass is 16.6. The van der Waals surface area contributed by atoms with Crippen LogP contribution in [0.3, 0.4) is 0 Å². The molecule has 0 aliphatic heterocycles. The van der Waals surface area contributed by atoms with E-state index in [4.69, 9.17) is 9.84 Å². The zero-order valence-electron chi connectivity index (χ0n) is 9.70. The van der Waals surface area contributed by atoms with Crippen molar-refractivity contribution in [2.45, 2.75) is 0 Å². The number of nitrogens with zero attached hydrogens (tertiary/aromatic N) is 1. The van der Waals surface area contributed by atoms with Gasteiger partial charge >= 0.3 is 0 Å². The molecular weight excluding hydrogens is 234 g/mol. The maximum absolute atomic E-state index is 10.4. The molecule has 5 nitrogen and oxygen atoms in total. The van der Waals surface area contributed by atoms with Crippen molar-refractivity contribution in [2.75, 3.05) is 19.8 Å². The average Bonchev–Trinajstić information content (AvgIpc) is 2.38. The van der Waals surface area contributed by atoms with E-state index >= 15 is 0 Å². The molecule has 0 heterocycles. The maximum atomic E-state index is 10.4. The zero-order chi connectivity index (χ0) is 13.2. The van der Waals surface area contributed by atoms with Gasteiger partial charge in [0.15, 0.2) is 0 Å². The van der Waals surface area contributed by atoms with Crippen LogP contribution in [0.25, 0.3) is 0 Å². The van der Waals surface area contributed by atoms with Gasteiger partial charge in [0, 0.05) is 17.7 Å². The van der Waals surface area contributed by atoms with E-state index in [1.54, 1.807) is 24.3 Å². The standard InChI is InChI=1S/C13H13NO4/c15-9-1-2-10-18-11-3-4-12-5-7-13(8-6-12)14(16)17/h1-2,5-8,15H,9-11H2/b2-1-. The van der Waals surface area contributed by atoms with Gasteiger partial charge in [0.2, 0.25) is 0 Å². The minimum absolute atomic E-state index is 0.00215. The molecule has 1 aromatic carbocycles. The highest BCUT2D eigenvalue weighted by Gasteiger charge is 2.01. The molecule has 0 radical (unpaired) electrons. The lowest BCUT2D eigenvalue weighted by atomic mass is 10.2. The van der Waals surface area contributed by atoms with Crippen LogP contribution in [0, 0.1) is 22.0 Å². The number of benzene rings is 1. The molecule has 1 N–H and O–H groups in total. The first-order valence-electron chi connectivity index (χ1n) is 5.31. The van der Waals surface area contributed by atoms with Crippen LogP contribution in [0.1, 0.15) is 5.56 Å². The second kappa shape index (κ2) is 8.01. The molecule has 0 atom stereocenters. The normalized spacial score (nSPS) is 10.1. The SMILES string of the molecule is O=[N+]([O-])c1ccc(C#CCOC/C=C\CO)cc1. The van der Waals surface area contributed by atoms with Gasteiger partial charge in [-0.05, 0) is 12.1 Å². The third-order valence-electron chi connectivity index (χ3n) is 1.97. The van der Waals surface area contributed by atoms with E-state index in [2.05, 4.69) is 11.8 Å². The number of ether oxygens (including phenoxy) is 1. The molecule has 1 aromatic rings. The summed E-state index contributed by atoms with van der Waals surface area (Å²) in [5.41, 5.74) is 0.751. The minimum atomic E-state index is -0.451. The van der Waals surface area contributed by atoms with Gasteiger partial charge in [-0.3, -0.25) is 10.1 Å². The summed E-state index contributed by atoms with van der Waals surface area (Å²) in [6.07, 6.45) is 3.29. The quantitative estimate of drug-likeness (QED) is 0.281. The van der Waals surface area contributed by atoms with Crippen LogP contribution in [0.2, 0.25) is 0 Å². The van der Waals surface area contributed by atoms with E-state index in [-0.39, 0.29) is 18.9 Å². The maximum Gasteiger partial charge on any atom is 0.269 e. The molecule has 0 aliphatic carbocycles. The Kier molecular flexibility index (Phi) is 6.19. The molecule has 0 aliphatic rings. The predicted molar refractivity (Wildman–Crippen MR) is 67.0 cm³/mol. The zero-order valence-corrected chi connectivity index (χ0v) is 9.70. The summed E-state index contributed by atoms with van der Waals surface area (Å²) in [5.74, 6) is 5.62. The lowest BCUT2D eigenvalue weighted by Crippen LogP contribution is -1.91. The summed E-state index contributed by atoms with van der Waals surface area (Å²) < 4.78 is 5.14. The minimum Gasteiger partial charge on any atom is -0.392 e. The van der Waals surface area contributed by atoms with Crippen molar-refractivity contribution in [2.24, 2.45) is 0 Å². The van der Waals surface area contributed by atoms with E-state index in [0.717, 1.165) is 0 Å². The second-order valence-corrected chi connectivity index (χ2v) is 3.27. The topological polar surface area (TPSA) is 72.6 Å². The molecule has 1 rings (SSSR count). The van der Waals surface area contributed by atoms with Crippen LogP contribution in [0.4, 0.5) is 5.69 Å². The van der Waals surface area contributed by atoms with Gasteiger partial charge in [-0.15, -0.1) is 0 Å². The third-order valence-corrected chi connectivity index (χ3v) is 1.97. The second-order valence-electron chi connectivity index (χ2n) is 3.27. The van der Waals surface area contributed by atoms with E-state index in [9.17, 15) is 10.1 Å². The number of hydrogen-bond donors (Lipinski definition) is 1. The Morgan fingerprint density at radius 3 is 2.67 bits per heavy atom. The lowest BCUT2D eigenvalue weighted by Gasteiger charge is -1.93. The smallest absolute Gasteiger partial charge is 0.269 e. The summed E-state index contributed by atoms with van der Waals surface area (Å²) in [4.78, 5) is 9.97. The molecule has 0 bridgehead atoms. The van der Waals surface area contributed by atoms with E-state index < -0.39 is 4.92 Å². The van der Waals surface area contributed by atoms with E-state index in [0.29, 0.717) is 12.2 Å². The number of rotatable bonds is 5. The van der Waals surface area contributed by atoms with Crippen LogP contribution in [0.15, 0.2) is 36.4 Å². The van der Waals surface area contributed by atoms with Crippen LogP contribution in [0.5, 0.6) is 0 Å². The fourth-order valence-corrected chi connectivity index (χ4v) is 1.13. The van der Waals surface area contributed by atoms with Gasteiger partial charge in [0.25, 0.3) is 5.69 Å². The van der Waals surface area contributed by atoms with Gasteiger partial charge < -0.3 is 9.84 Å². The summed E-state index contributed by atoms with van der Waals surface area (Å²) in [5, 5.41) is 18.9. The number of aliphatic hydroxyl groups is 1. The van der Waals surface area contributed by atoms with E-state index in [1.165, 1.54) is 12.1 Å². The molecule has 0 spiro atoms. The monoisotopic (exact) mass is 247 g/mol. The van der Waals surface area contributed by atoms with Crippen molar-refractivity contribution in [1.29, 1.82) is 0 Å². The first-order valence-corrected chi connectivity index (χ1v) is 5.31. The average molecular weight is 247 g/mol. The Morgan fingerprint density at radius 1 is 1.33 bits per heavy atom. The third kappa shape index (κ3) is 5.25. The fraction of sp³-hybridized carbons (Fsp3) is 0.231. The number of hydrogen-bond acceptors (Lipinski definition) is 4. The largest absolute Gasteiger partial charge is 0.392 e. The van der Waals surface area contributed by atoms with Gasteiger partial charge in [-0.25, -0.2) is 0 Å². The van der Waals surface area contributed by atoms with Gasteiger partial charge in [0.1, 0.15) is 6.61 Å². The number of non-ortho nitro benzene ring substituents is 1. The molecule has 0 unspecified atom stereocenters. The Morgan fingerprint density at radius 2 is 2.06 bits per heavy atom. The molecule has 0 aromatic heterocycles. The Bertz CT molecular complexity index is 468. The van der Waals surface area contributed by atoms with Gasteiger partial charge in [-0.1, -0.05) is 24.0 Å². The van der Waals surface area contributed by atoms with E-state index in [1.807, 2.05) is 0 Å². The Hall–Kier alpha value is -2.16. The molecule has 0 saturated carbocycles. The molecule has 18 heavy (non-hydrogen) atoms. The van der Waals surface area contributed by atoms with Crippen LogP contribution in [-0.4, -0.2) is 29.9 Å². The molecule has 94 valence electrons. The summed E-state index contributed by atoms with van der Waals surface area (Å²) >= 11 is 0. The van der Waals surface area contributed by atoms with Crippen LogP contribution >= 0.6 is 0 Å². The number of aliphatic hydroxyl groups excluding tert-OH is 1. The van der Waals surface area contributed by atoms with Gasteiger partial charge in [-0.2, -0.15) is 0 Å². The van der Waals surface area contributed by atoms with Crippen molar-refractivity contribution >= 4 is 5.69 Å². The Balaban J connectivity index is 2.38. The lowest BCUT2D eigenvalue weighted by molar-refractivity contribution is -0.384. The van der Waals surface area contributed by atoms with Crippen LogP contribution in [-0.2, 0) is 4.74 Å².